The van der Waals surface area contributed by atoms with E-state index in [1.807, 2.05) is 24.2 Å². The minimum atomic E-state index is 1.06. The lowest BCUT2D eigenvalue weighted by atomic mass is 10.6. The molecule has 0 unspecified atom stereocenters. The third-order valence-electron chi connectivity index (χ3n) is 0.757. The Morgan fingerprint density at radius 3 is 3.00 bits per heavy atom. The smallest absolute Gasteiger partial charge is 0.101 e. The van der Waals surface area contributed by atoms with Gasteiger partial charge < -0.3 is 0 Å². The van der Waals surface area contributed by atoms with Crippen LogP contribution in [0.5, 0.6) is 0 Å². The van der Waals surface area contributed by atoms with Crippen molar-refractivity contribution in [2.24, 2.45) is 0 Å². The summed E-state index contributed by atoms with van der Waals surface area (Å²) in [6.07, 6.45) is 2.03. The first kappa shape index (κ1) is 6.06. The van der Waals surface area contributed by atoms with Crippen molar-refractivity contribution in [1.29, 1.82) is 0 Å². The fourth-order valence-electron chi connectivity index (χ4n) is 0.396. The lowest BCUT2D eigenvalue weighted by molar-refractivity contribution is 1.26. The summed E-state index contributed by atoms with van der Waals surface area (Å²) in [5, 5.41) is 1.12. The maximum atomic E-state index is 4.16. The van der Waals surface area contributed by atoms with Crippen molar-refractivity contribution in [2.75, 3.05) is 6.26 Å². The average molecular weight is 143 g/mol. The van der Waals surface area contributed by atoms with E-state index in [0.29, 0.717) is 0 Å². The van der Waals surface area contributed by atoms with E-state index in [1.165, 1.54) is 0 Å². The Balaban J connectivity index is 2.83. The van der Waals surface area contributed by atoms with Crippen molar-refractivity contribution in [3.63, 3.8) is 0 Å². The summed E-state index contributed by atoms with van der Waals surface area (Å²) >= 11 is 1.68. The second kappa shape index (κ2) is 3.06. The number of thioether (sulfide) groups is 1. The third-order valence-corrected chi connectivity index (χ3v) is 2.17. The molecule has 0 aliphatic carbocycles. The summed E-state index contributed by atoms with van der Waals surface area (Å²) < 4.78 is 4.16. The minimum Gasteiger partial charge on any atom is -0.221 e. The normalized spacial score (nSPS) is 10.1. The van der Waals surface area contributed by atoms with Crippen LogP contribution < -0.4 is 0 Å². The lowest BCUT2D eigenvalue weighted by Crippen LogP contribution is -1.66. The summed E-state index contributed by atoms with van der Waals surface area (Å²) in [6, 6.07) is 4.04. The maximum Gasteiger partial charge on any atom is 0.101 e. The molecule has 0 N–H and O–H groups in total. The second-order valence-electron chi connectivity index (χ2n) is 1.27. The van der Waals surface area contributed by atoms with Crippen LogP contribution in [0.3, 0.4) is 0 Å². The van der Waals surface area contributed by atoms with Gasteiger partial charge in [0.25, 0.3) is 0 Å². The minimum absolute atomic E-state index is 1.06. The van der Waals surface area contributed by atoms with Gasteiger partial charge in [-0.25, -0.2) is 4.75 Å². The van der Waals surface area contributed by atoms with Gasteiger partial charge in [0.1, 0.15) is 5.03 Å². The fourth-order valence-corrected chi connectivity index (χ4v) is 1.49. The highest BCUT2D eigenvalue weighted by Crippen LogP contribution is 2.12. The van der Waals surface area contributed by atoms with Crippen molar-refractivity contribution >= 4 is 20.1 Å². The highest BCUT2D eigenvalue weighted by molar-refractivity contribution is 7.98. The van der Waals surface area contributed by atoms with Crippen LogP contribution in [0.15, 0.2) is 23.0 Å². The van der Waals surface area contributed by atoms with E-state index in [1.54, 1.807) is 11.8 Å². The fraction of sp³-hybridized carbons (Fsp3) is 0.200. The number of aromatic nitrogens is 1. The molecule has 42 valence electrons. The van der Waals surface area contributed by atoms with Crippen molar-refractivity contribution in [2.45, 2.75) is 5.03 Å². The molecule has 1 aromatic rings. The molecular formula is C5H6NPS. The van der Waals surface area contributed by atoms with Crippen LogP contribution in [0.1, 0.15) is 0 Å². The quantitative estimate of drug-likeness (QED) is 0.560. The number of nitrogens with zero attached hydrogens (tertiary/aromatic N) is 1. The molecule has 1 nitrogen and oxygen atoms in total. The molecule has 0 amide bonds. The zero-order chi connectivity index (χ0) is 5.82. The monoisotopic (exact) mass is 143 g/mol. The predicted molar refractivity (Wildman–Crippen MR) is 38.5 cm³/mol. The van der Waals surface area contributed by atoms with Gasteiger partial charge in [0.2, 0.25) is 0 Å². The highest BCUT2D eigenvalue weighted by Gasteiger charge is 1.82. The topological polar surface area (TPSA) is 12.9 Å². The zero-order valence-electron chi connectivity index (χ0n) is 4.53. The van der Waals surface area contributed by atoms with Crippen LogP contribution in [0, 0.1) is 0 Å². The van der Waals surface area contributed by atoms with Gasteiger partial charge in [0.15, 0.2) is 0 Å². The van der Waals surface area contributed by atoms with Crippen molar-refractivity contribution < 1.29 is 0 Å². The third kappa shape index (κ3) is 1.46. The molecule has 0 bridgehead atoms. The molecule has 0 fully saturated rings. The van der Waals surface area contributed by atoms with Crippen LogP contribution in [-0.2, 0) is 0 Å². The first-order valence-corrected chi connectivity index (χ1v) is 4.39. The molecule has 0 saturated heterocycles. The second-order valence-corrected chi connectivity index (χ2v) is 2.82. The summed E-state index contributed by atoms with van der Waals surface area (Å²) in [5.74, 6) is 2.01. The van der Waals surface area contributed by atoms with Gasteiger partial charge in [-0.05, 0) is 18.1 Å². The zero-order valence-corrected chi connectivity index (χ0v) is 6.25. The van der Waals surface area contributed by atoms with E-state index < -0.39 is 0 Å². The van der Waals surface area contributed by atoms with Gasteiger partial charge >= 0.3 is 0 Å². The van der Waals surface area contributed by atoms with Gasteiger partial charge in [-0.1, -0.05) is 6.07 Å². The molecule has 0 atom stereocenters. The van der Waals surface area contributed by atoms with Gasteiger partial charge in [-0.2, -0.15) is 0 Å². The van der Waals surface area contributed by atoms with Gasteiger partial charge in [0.05, 0.1) is 0 Å². The summed E-state index contributed by atoms with van der Waals surface area (Å²) in [7, 11) is 1.06. The van der Waals surface area contributed by atoms with Crippen molar-refractivity contribution in [3.05, 3.63) is 17.9 Å². The van der Waals surface area contributed by atoms with Gasteiger partial charge in [-0.3, -0.25) is 0 Å². The van der Waals surface area contributed by atoms with Crippen molar-refractivity contribution in [1.82, 2.24) is 4.75 Å². The van der Waals surface area contributed by atoms with Gasteiger partial charge in [-0.15, -0.1) is 11.8 Å². The molecule has 1 heterocycles. The Labute approximate surface area is 54.7 Å². The van der Waals surface area contributed by atoms with E-state index in [4.69, 9.17) is 0 Å². The van der Waals surface area contributed by atoms with E-state index in [2.05, 4.69) is 4.75 Å². The highest BCUT2D eigenvalue weighted by atomic mass is 32.2. The van der Waals surface area contributed by atoms with E-state index in [0.717, 1.165) is 13.4 Å². The first-order valence-electron chi connectivity index (χ1n) is 2.25. The lowest BCUT2D eigenvalue weighted by Gasteiger charge is -1.87. The molecule has 0 saturated carbocycles. The SMILES string of the molecule is CSc1cccpn1. The van der Waals surface area contributed by atoms with Crippen LogP contribution in [0.2, 0.25) is 0 Å². The van der Waals surface area contributed by atoms with E-state index in [-0.39, 0.29) is 0 Å². The van der Waals surface area contributed by atoms with E-state index in [9.17, 15) is 0 Å². The molecule has 3 heteroatoms. The Kier molecular flexibility index (Phi) is 2.31. The molecule has 0 aliphatic rings. The molecule has 0 aliphatic heterocycles. The number of hydrogen-bond donors (Lipinski definition) is 0. The number of rotatable bonds is 1. The standard InChI is InChI=1S/C5H6NPS/c1-8-5-3-2-4-7-6-5/h2-4H,1H3. The average Bonchev–Trinajstić information content (AvgIpc) is 1.90. The van der Waals surface area contributed by atoms with Crippen LogP contribution in [0.4, 0.5) is 0 Å². The Bertz CT molecular complexity index is 154. The van der Waals surface area contributed by atoms with Crippen molar-refractivity contribution in [3.8, 4) is 0 Å². The molecular weight excluding hydrogens is 137 g/mol. The van der Waals surface area contributed by atoms with E-state index >= 15 is 0 Å². The Morgan fingerprint density at radius 2 is 2.62 bits per heavy atom. The maximum absolute atomic E-state index is 4.16. The summed E-state index contributed by atoms with van der Waals surface area (Å²) in [6.45, 7) is 0. The summed E-state index contributed by atoms with van der Waals surface area (Å²) in [5.41, 5.74) is 0. The molecule has 1 aromatic heterocycles. The Morgan fingerprint density at radius 1 is 1.75 bits per heavy atom. The molecule has 0 aromatic carbocycles. The van der Waals surface area contributed by atoms with Gasteiger partial charge in [0, 0.05) is 8.35 Å². The first-order chi connectivity index (χ1) is 3.93. The Hall–Kier alpha value is -0.0700. The molecule has 0 spiro atoms. The van der Waals surface area contributed by atoms with Crippen LogP contribution >= 0.6 is 20.1 Å². The van der Waals surface area contributed by atoms with Crippen LogP contribution in [-0.4, -0.2) is 11.0 Å². The summed E-state index contributed by atoms with van der Waals surface area (Å²) in [4.78, 5) is 0. The molecule has 8 heavy (non-hydrogen) atoms. The largest absolute Gasteiger partial charge is 0.221 e. The van der Waals surface area contributed by atoms with Crippen LogP contribution in [0.25, 0.3) is 0 Å². The molecule has 1 rings (SSSR count). The predicted octanol–water partition coefficient (Wildman–Crippen LogP) is 2.38. The number of hydrogen-bond acceptors (Lipinski definition) is 2. The molecule has 0 radical (unpaired) electrons.